The number of carbonyl (C=O) groups excluding carboxylic acids is 1. The average Bonchev–Trinajstić information content (AvgIpc) is 3.15. The highest BCUT2D eigenvalue weighted by Crippen LogP contribution is 2.39. The first-order chi connectivity index (χ1) is 12.1. The molecule has 0 radical (unpaired) electrons. The second-order valence-corrected chi connectivity index (χ2v) is 6.80. The number of hydrogen-bond donors (Lipinski definition) is 2. The number of hydrogen-bond acceptors (Lipinski definition) is 3. The summed E-state index contributed by atoms with van der Waals surface area (Å²) >= 11 is 6.02. The van der Waals surface area contributed by atoms with Crippen molar-refractivity contribution in [3.05, 3.63) is 59.0 Å². The zero-order valence-corrected chi connectivity index (χ0v) is 14.5. The van der Waals surface area contributed by atoms with Crippen molar-refractivity contribution in [2.24, 2.45) is 0 Å². The van der Waals surface area contributed by atoms with Gasteiger partial charge in [0.05, 0.1) is 17.3 Å². The number of rotatable bonds is 5. The molecule has 2 N–H and O–H groups in total. The number of amides is 1. The summed E-state index contributed by atoms with van der Waals surface area (Å²) in [5.41, 5.74) is 2.64. The molecule has 1 amide bonds. The van der Waals surface area contributed by atoms with Gasteiger partial charge in [-0.05, 0) is 44.0 Å². The molecule has 3 aromatic rings. The Morgan fingerprint density at radius 2 is 2.20 bits per heavy atom. The zero-order chi connectivity index (χ0) is 17.4. The molecule has 2 aromatic heterocycles. The van der Waals surface area contributed by atoms with Crippen molar-refractivity contribution in [3.8, 4) is 5.69 Å². The number of nitrogens with zero attached hydrogens (tertiary/aromatic N) is 3. The van der Waals surface area contributed by atoms with E-state index in [0.29, 0.717) is 22.5 Å². The van der Waals surface area contributed by atoms with E-state index < -0.39 is 0 Å². The number of halogens is 1. The molecule has 1 fully saturated rings. The lowest BCUT2D eigenvalue weighted by Gasteiger charge is -2.08. The fourth-order valence-electron chi connectivity index (χ4n) is 2.70. The van der Waals surface area contributed by atoms with Crippen LogP contribution in [0.4, 0.5) is 5.82 Å². The molecule has 128 valence electrons. The highest BCUT2D eigenvalue weighted by atomic mass is 35.5. The van der Waals surface area contributed by atoms with Crippen molar-refractivity contribution >= 4 is 23.3 Å². The standard InChI is InChI=1S/C18H18ClN5O/c1-11(18(25)20-17-10-16(21-22-17)12-5-6-12)15-7-8-24(23-15)14-4-2-3-13(19)9-14/h2-4,7-12H,5-6H2,1H3,(H2,20,21,22,25)/t11-/m1/s1. The van der Waals surface area contributed by atoms with E-state index in [1.807, 2.05) is 49.5 Å². The van der Waals surface area contributed by atoms with Gasteiger partial charge >= 0.3 is 0 Å². The minimum absolute atomic E-state index is 0.134. The van der Waals surface area contributed by atoms with Crippen LogP contribution >= 0.6 is 11.6 Å². The van der Waals surface area contributed by atoms with E-state index in [1.165, 1.54) is 12.8 Å². The smallest absolute Gasteiger partial charge is 0.234 e. The maximum atomic E-state index is 12.5. The van der Waals surface area contributed by atoms with Gasteiger partial charge < -0.3 is 5.32 Å². The summed E-state index contributed by atoms with van der Waals surface area (Å²) in [6, 6.07) is 11.2. The monoisotopic (exact) mass is 355 g/mol. The minimum Gasteiger partial charge on any atom is -0.309 e. The number of anilines is 1. The third-order valence-corrected chi connectivity index (χ3v) is 4.62. The molecule has 2 heterocycles. The van der Waals surface area contributed by atoms with E-state index in [1.54, 1.807) is 4.68 Å². The van der Waals surface area contributed by atoms with Gasteiger partial charge in [0, 0.05) is 28.9 Å². The van der Waals surface area contributed by atoms with Gasteiger partial charge in [0.15, 0.2) is 5.82 Å². The van der Waals surface area contributed by atoms with Gasteiger partial charge in [0.25, 0.3) is 0 Å². The first-order valence-corrected chi connectivity index (χ1v) is 8.65. The molecule has 1 aromatic carbocycles. The molecular weight excluding hydrogens is 338 g/mol. The molecule has 1 aliphatic rings. The molecule has 7 heteroatoms. The maximum absolute atomic E-state index is 12.5. The Kier molecular flexibility index (Phi) is 4.05. The number of nitrogens with one attached hydrogen (secondary N) is 2. The summed E-state index contributed by atoms with van der Waals surface area (Å²) in [6.07, 6.45) is 4.20. The van der Waals surface area contributed by atoms with Crippen molar-refractivity contribution in [1.29, 1.82) is 0 Å². The number of aromatic nitrogens is 4. The Bertz CT molecular complexity index is 912. The van der Waals surface area contributed by atoms with E-state index in [4.69, 9.17) is 11.6 Å². The van der Waals surface area contributed by atoms with Crippen LogP contribution in [-0.4, -0.2) is 25.9 Å². The van der Waals surface area contributed by atoms with E-state index in [-0.39, 0.29) is 11.8 Å². The van der Waals surface area contributed by atoms with Crippen molar-refractivity contribution in [2.45, 2.75) is 31.6 Å². The first kappa shape index (κ1) is 15.9. The van der Waals surface area contributed by atoms with Crippen LogP contribution in [0.5, 0.6) is 0 Å². The predicted molar refractivity (Wildman–Crippen MR) is 96.2 cm³/mol. The summed E-state index contributed by atoms with van der Waals surface area (Å²) in [7, 11) is 0. The Labute approximate surface area is 150 Å². The Morgan fingerprint density at radius 1 is 1.36 bits per heavy atom. The second-order valence-electron chi connectivity index (χ2n) is 6.36. The van der Waals surface area contributed by atoms with Crippen molar-refractivity contribution in [2.75, 3.05) is 5.32 Å². The van der Waals surface area contributed by atoms with Crippen LogP contribution in [0.3, 0.4) is 0 Å². The Hall–Kier alpha value is -2.60. The predicted octanol–water partition coefficient (Wildman–Crippen LogP) is 3.87. The highest BCUT2D eigenvalue weighted by Gasteiger charge is 2.26. The normalized spacial score (nSPS) is 15.1. The zero-order valence-electron chi connectivity index (χ0n) is 13.7. The van der Waals surface area contributed by atoms with Gasteiger partial charge in [-0.15, -0.1) is 0 Å². The maximum Gasteiger partial charge on any atom is 0.234 e. The van der Waals surface area contributed by atoms with Crippen LogP contribution in [0.1, 0.15) is 43.0 Å². The fourth-order valence-corrected chi connectivity index (χ4v) is 2.89. The van der Waals surface area contributed by atoms with Gasteiger partial charge in [-0.25, -0.2) is 4.68 Å². The number of carbonyl (C=O) groups is 1. The molecule has 6 nitrogen and oxygen atoms in total. The van der Waals surface area contributed by atoms with Gasteiger partial charge in [-0.2, -0.15) is 10.2 Å². The van der Waals surface area contributed by atoms with Crippen LogP contribution < -0.4 is 5.32 Å². The lowest BCUT2D eigenvalue weighted by Crippen LogP contribution is -2.19. The van der Waals surface area contributed by atoms with E-state index >= 15 is 0 Å². The summed E-state index contributed by atoms with van der Waals surface area (Å²) < 4.78 is 1.71. The SMILES string of the molecule is C[C@@H](C(=O)Nc1cc(C2CC2)[nH]n1)c1ccn(-c2cccc(Cl)c2)n1. The molecule has 0 saturated heterocycles. The number of H-pyrrole nitrogens is 1. The van der Waals surface area contributed by atoms with Crippen molar-refractivity contribution in [1.82, 2.24) is 20.0 Å². The molecule has 1 atom stereocenters. The molecule has 0 spiro atoms. The quantitative estimate of drug-likeness (QED) is 0.729. The number of aromatic amines is 1. The third kappa shape index (κ3) is 3.44. The average molecular weight is 356 g/mol. The Balaban J connectivity index is 1.46. The summed E-state index contributed by atoms with van der Waals surface area (Å²) in [6.45, 7) is 1.83. The van der Waals surface area contributed by atoms with Crippen LogP contribution in [0, 0.1) is 0 Å². The molecule has 0 unspecified atom stereocenters. The van der Waals surface area contributed by atoms with E-state index in [2.05, 4.69) is 20.6 Å². The number of benzene rings is 1. The minimum atomic E-state index is -0.387. The summed E-state index contributed by atoms with van der Waals surface area (Å²) in [5, 5.41) is 15.1. The Morgan fingerprint density at radius 3 is 2.96 bits per heavy atom. The first-order valence-electron chi connectivity index (χ1n) is 8.28. The molecular formula is C18H18ClN5O. The summed E-state index contributed by atoms with van der Waals surface area (Å²) in [4.78, 5) is 12.5. The highest BCUT2D eigenvalue weighted by molar-refractivity contribution is 6.30. The molecule has 1 aliphatic carbocycles. The topological polar surface area (TPSA) is 75.6 Å². The van der Waals surface area contributed by atoms with E-state index in [9.17, 15) is 4.79 Å². The molecule has 0 bridgehead atoms. The van der Waals surface area contributed by atoms with Crippen LogP contribution in [0.2, 0.25) is 5.02 Å². The molecule has 4 rings (SSSR count). The lowest BCUT2D eigenvalue weighted by molar-refractivity contribution is -0.117. The summed E-state index contributed by atoms with van der Waals surface area (Å²) in [5.74, 6) is 0.615. The van der Waals surface area contributed by atoms with Gasteiger partial charge in [0.1, 0.15) is 0 Å². The van der Waals surface area contributed by atoms with Crippen LogP contribution in [0.25, 0.3) is 5.69 Å². The van der Waals surface area contributed by atoms with Gasteiger partial charge in [0.2, 0.25) is 5.91 Å². The second kappa shape index (κ2) is 6.37. The van der Waals surface area contributed by atoms with Crippen LogP contribution in [-0.2, 0) is 4.79 Å². The molecule has 25 heavy (non-hydrogen) atoms. The lowest BCUT2D eigenvalue weighted by atomic mass is 10.1. The third-order valence-electron chi connectivity index (χ3n) is 4.39. The fraction of sp³-hybridized carbons (Fsp3) is 0.278. The van der Waals surface area contributed by atoms with Gasteiger partial charge in [-0.1, -0.05) is 17.7 Å². The van der Waals surface area contributed by atoms with Crippen LogP contribution in [0.15, 0.2) is 42.6 Å². The molecule has 0 aliphatic heterocycles. The van der Waals surface area contributed by atoms with Gasteiger partial charge in [-0.3, -0.25) is 9.89 Å². The van der Waals surface area contributed by atoms with E-state index in [0.717, 1.165) is 11.4 Å². The largest absolute Gasteiger partial charge is 0.309 e. The molecule has 1 saturated carbocycles. The van der Waals surface area contributed by atoms with Crippen molar-refractivity contribution in [3.63, 3.8) is 0 Å². The van der Waals surface area contributed by atoms with Crippen molar-refractivity contribution < 1.29 is 4.79 Å².